The lowest BCUT2D eigenvalue weighted by molar-refractivity contribution is 0.400. The molecule has 0 amide bonds. The van der Waals surface area contributed by atoms with Crippen molar-refractivity contribution >= 4 is 33.7 Å². The fourth-order valence-electron chi connectivity index (χ4n) is 3.37. The Kier molecular flexibility index (Phi) is 5.08. The Hall–Kier alpha value is -3.76. The SMILES string of the molecule is COc1ncc(-c2ccc3ncc4nccn4c3c2)cc1N[S+]([O-])c1ccc(F)cc1F. The van der Waals surface area contributed by atoms with Gasteiger partial charge in [-0.3, -0.25) is 9.38 Å². The van der Waals surface area contributed by atoms with Crippen molar-refractivity contribution < 1.29 is 18.1 Å². The van der Waals surface area contributed by atoms with E-state index in [0.29, 0.717) is 17.3 Å². The number of imidazole rings is 1. The number of pyridine rings is 1. The second kappa shape index (κ2) is 8.06. The number of halogens is 2. The van der Waals surface area contributed by atoms with Crippen molar-refractivity contribution in [3.63, 3.8) is 0 Å². The second-order valence-corrected chi connectivity index (χ2v) is 8.02. The van der Waals surface area contributed by atoms with Crippen LogP contribution in [0.15, 0.2) is 72.1 Å². The smallest absolute Gasteiger partial charge is 0.241 e. The molecule has 32 heavy (non-hydrogen) atoms. The molecule has 0 bridgehead atoms. The van der Waals surface area contributed by atoms with Crippen LogP contribution in [0.4, 0.5) is 14.5 Å². The van der Waals surface area contributed by atoms with Gasteiger partial charge in [0.15, 0.2) is 11.5 Å². The summed E-state index contributed by atoms with van der Waals surface area (Å²) in [6.07, 6.45) is 6.86. The summed E-state index contributed by atoms with van der Waals surface area (Å²) in [7, 11) is 1.42. The van der Waals surface area contributed by atoms with Gasteiger partial charge in [-0.2, -0.15) is 4.72 Å². The molecule has 5 rings (SSSR count). The molecule has 1 unspecified atom stereocenters. The van der Waals surface area contributed by atoms with Gasteiger partial charge in [-0.05, 0) is 29.8 Å². The first-order chi connectivity index (χ1) is 15.5. The minimum atomic E-state index is -2.00. The number of nitrogens with zero attached hydrogens (tertiary/aromatic N) is 4. The van der Waals surface area contributed by atoms with Gasteiger partial charge in [-0.15, -0.1) is 0 Å². The molecule has 0 aliphatic carbocycles. The number of fused-ring (bicyclic) bond motifs is 3. The van der Waals surface area contributed by atoms with Crippen molar-refractivity contribution in [2.75, 3.05) is 11.8 Å². The van der Waals surface area contributed by atoms with Crippen LogP contribution < -0.4 is 9.46 Å². The molecular weight excluding hydrogens is 436 g/mol. The maximum atomic E-state index is 14.0. The summed E-state index contributed by atoms with van der Waals surface area (Å²) in [5, 5.41) is 0. The topological polar surface area (TPSA) is 87.4 Å². The van der Waals surface area contributed by atoms with Crippen LogP contribution in [-0.4, -0.2) is 31.0 Å². The number of benzene rings is 2. The van der Waals surface area contributed by atoms with E-state index in [9.17, 15) is 13.3 Å². The molecule has 7 nitrogen and oxygen atoms in total. The molecular formula is C22H15F2N5O2S. The monoisotopic (exact) mass is 451 g/mol. The fourth-order valence-corrected chi connectivity index (χ4v) is 4.26. The van der Waals surface area contributed by atoms with Gasteiger partial charge < -0.3 is 9.29 Å². The Morgan fingerprint density at radius 1 is 1.00 bits per heavy atom. The average Bonchev–Trinajstić information content (AvgIpc) is 3.28. The molecule has 1 atom stereocenters. The van der Waals surface area contributed by atoms with E-state index in [2.05, 4.69) is 19.7 Å². The van der Waals surface area contributed by atoms with E-state index in [1.54, 1.807) is 24.7 Å². The Labute approximate surface area is 184 Å². The van der Waals surface area contributed by atoms with E-state index in [-0.39, 0.29) is 10.8 Å². The van der Waals surface area contributed by atoms with Crippen molar-refractivity contribution in [3.05, 3.63) is 78.9 Å². The van der Waals surface area contributed by atoms with E-state index >= 15 is 0 Å². The Morgan fingerprint density at radius 3 is 2.69 bits per heavy atom. The highest BCUT2D eigenvalue weighted by Crippen LogP contribution is 2.31. The zero-order chi connectivity index (χ0) is 22.2. The van der Waals surface area contributed by atoms with Gasteiger partial charge in [0.2, 0.25) is 10.8 Å². The molecule has 0 spiro atoms. The van der Waals surface area contributed by atoms with Gasteiger partial charge in [0, 0.05) is 36.3 Å². The van der Waals surface area contributed by atoms with E-state index < -0.39 is 23.0 Å². The number of ether oxygens (including phenoxy) is 1. The van der Waals surface area contributed by atoms with Crippen LogP contribution in [0, 0.1) is 11.6 Å². The minimum Gasteiger partial charge on any atom is -0.588 e. The quantitative estimate of drug-likeness (QED) is 0.400. The summed E-state index contributed by atoms with van der Waals surface area (Å²) < 4.78 is 49.8. The normalized spacial score (nSPS) is 12.2. The van der Waals surface area contributed by atoms with Gasteiger partial charge in [0.05, 0.1) is 24.3 Å². The van der Waals surface area contributed by atoms with Gasteiger partial charge in [-0.25, -0.2) is 18.7 Å². The van der Waals surface area contributed by atoms with Gasteiger partial charge in [0.25, 0.3) is 0 Å². The Bertz CT molecular complexity index is 1460. The molecule has 3 aromatic heterocycles. The van der Waals surface area contributed by atoms with Crippen LogP contribution in [0.2, 0.25) is 0 Å². The number of anilines is 1. The van der Waals surface area contributed by atoms with Gasteiger partial charge in [0.1, 0.15) is 22.9 Å². The van der Waals surface area contributed by atoms with Crippen molar-refractivity contribution in [2.24, 2.45) is 0 Å². The third-order valence-electron chi connectivity index (χ3n) is 4.90. The standard InChI is InChI=1S/C22H15F2N5O2S/c1-31-22-18(28-32(30)20-5-3-15(23)10-16(20)24)8-14(11-27-22)13-2-4-17-19(9-13)29-7-6-25-21(29)12-26-17/h2-12,28H,1H3. The molecule has 0 fully saturated rings. The predicted molar refractivity (Wildman–Crippen MR) is 117 cm³/mol. The molecule has 0 aliphatic heterocycles. The van der Waals surface area contributed by atoms with Crippen LogP contribution >= 0.6 is 0 Å². The number of nitrogens with one attached hydrogen (secondary N) is 1. The highest BCUT2D eigenvalue weighted by molar-refractivity contribution is 7.92. The summed E-state index contributed by atoms with van der Waals surface area (Å²) in [6, 6.07) is 10.3. The van der Waals surface area contributed by atoms with Crippen LogP contribution in [-0.2, 0) is 11.4 Å². The highest BCUT2D eigenvalue weighted by Gasteiger charge is 2.21. The highest BCUT2D eigenvalue weighted by atomic mass is 32.2. The predicted octanol–water partition coefficient (Wildman–Crippen LogP) is 4.37. The molecule has 5 aromatic rings. The zero-order valence-electron chi connectivity index (χ0n) is 16.6. The molecule has 0 radical (unpaired) electrons. The molecule has 160 valence electrons. The Morgan fingerprint density at radius 2 is 1.88 bits per heavy atom. The number of methoxy groups -OCH3 is 1. The molecule has 0 aliphatic rings. The Balaban J connectivity index is 1.54. The maximum Gasteiger partial charge on any atom is 0.241 e. The fraction of sp³-hybridized carbons (Fsp3) is 0.0455. The molecule has 0 saturated heterocycles. The van der Waals surface area contributed by atoms with E-state index in [4.69, 9.17) is 4.74 Å². The molecule has 3 heterocycles. The van der Waals surface area contributed by atoms with Crippen molar-refractivity contribution in [1.82, 2.24) is 19.4 Å². The average molecular weight is 451 g/mol. The lowest BCUT2D eigenvalue weighted by Crippen LogP contribution is -2.15. The summed E-state index contributed by atoms with van der Waals surface area (Å²) in [5.41, 5.74) is 4.22. The summed E-state index contributed by atoms with van der Waals surface area (Å²) >= 11 is -2.00. The van der Waals surface area contributed by atoms with E-state index in [1.165, 1.54) is 7.11 Å². The second-order valence-electron chi connectivity index (χ2n) is 6.84. The van der Waals surface area contributed by atoms with Crippen molar-refractivity contribution in [3.8, 4) is 17.0 Å². The van der Waals surface area contributed by atoms with Crippen LogP contribution in [0.1, 0.15) is 0 Å². The van der Waals surface area contributed by atoms with Crippen molar-refractivity contribution in [1.29, 1.82) is 0 Å². The van der Waals surface area contributed by atoms with Gasteiger partial charge in [-0.1, -0.05) is 6.07 Å². The van der Waals surface area contributed by atoms with E-state index in [0.717, 1.165) is 34.4 Å². The number of hydrogen-bond acceptors (Lipinski definition) is 6. The summed E-state index contributed by atoms with van der Waals surface area (Å²) in [5.74, 6) is -1.48. The largest absolute Gasteiger partial charge is 0.588 e. The van der Waals surface area contributed by atoms with E-state index in [1.807, 2.05) is 28.8 Å². The third kappa shape index (κ3) is 3.59. The lowest BCUT2D eigenvalue weighted by Gasteiger charge is -2.15. The third-order valence-corrected chi connectivity index (χ3v) is 6.03. The van der Waals surface area contributed by atoms with Crippen LogP contribution in [0.5, 0.6) is 5.88 Å². The molecule has 0 saturated carbocycles. The minimum absolute atomic E-state index is 0.182. The lowest BCUT2D eigenvalue weighted by atomic mass is 10.1. The molecule has 1 N–H and O–H groups in total. The summed E-state index contributed by atoms with van der Waals surface area (Å²) in [6.45, 7) is 0. The molecule has 10 heteroatoms. The first-order valence-corrected chi connectivity index (χ1v) is 10.6. The number of aromatic nitrogens is 4. The maximum absolute atomic E-state index is 14.0. The number of rotatable bonds is 5. The van der Waals surface area contributed by atoms with Crippen LogP contribution in [0.3, 0.4) is 0 Å². The first-order valence-electron chi connectivity index (χ1n) is 9.43. The van der Waals surface area contributed by atoms with Gasteiger partial charge >= 0.3 is 0 Å². The summed E-state index contributed by atoms with van der Waals surface area (Å²) in [4.78, 5) is 12.8. The molecule has 2 aromatic carbocycles. The van der Waals surface area contributed by atoms with Crippen molar-refractivity contribution in [2.45, 2.75) is 4.90 Å². The van der Waals surface area contributed by atoms with Crippen LogP contribution in [0.25, 0.3) is 27.8 Å². The zero-order valence-corrected chi connectivity index (χ0v) is 17.4. The number of hydrogen-bond donors (Lipinski definition) is 1. The first kappa shape index (κ1) is 20.2.